The molecule has 0 aromatic heterocycles. The summed E-state index contributed by atoms with van der Waals surface area (Å²) in [7, 11) is 1.99. The predicted molar refractivity (Wildman–Crippen MR) is 65.7 cm³/mol. The van der Waals surface area contributed by atoms with E-state index in [1.54, 1.807) is 0 Å². The van der Waals surface area contributed by atoms with E-state index >= 15 is 0 Å². The Balaban J connectivity index is 1.92. The first-order valence-electron chi connectivity index (χ1n) is 6.02. The van der Waals surface area contributed by atoms with Crippen molar-refractivity contribution in [3.8, 4) is 0 Å². The fourth-order valence-corrected chi connectivity index (χ4v) is 2.32. The average molecular weight is 217 g/mol. The van der Waals surface area contributed by atoms with E-state index in [2.05, 4.69) is 23.1 Å². The van der Waals surface area contributed by atoms with Gasteiger partial charge in [-0.3, -0.25) is 4.90 Å². The van der Waals surface area contributed by atoms with Crippen LogP contribution in [0, 0.1) is 0 Å². The summed E-state index contributed by atoms with van der Waals surface area (Å²) >= 11 is 0. The van der Waals surface area contributed by atoms with Gasteiger partial charge in [0.2, 0.25) is 0 Å². The van der Waals surface area contributed by atoms with Gasteiger partial charge in [-0.1, -0.05) is 18.2 Å². The molecule has 0 N–H and O–H groups in total. The van der Waals surface area contributed by atoms with Crippen molar-refractivity contribution in [2.75, 3.05) is 20.1 Å². The van der Waals surface area contributed by atoms with E-state index in [1.807, 2.05) is 7.05 Å². The zero-order valence-electron chi connectivity index (χ0n) is 9.91. The number of aldehydes is 1. The molecule has 86 valence electrons. The lowest BCUT2D eigenvalue weighted by atomic mass is 10.0. The summed E-state index contributed by atoms with van der Waals surface area (Å²) in [6.07, 6.45) is 5.80. The number of rotatable bonds is 5. The molecule has 1 aromatic carbocycles. The van der Waals surface area contributed by atoms with Crippen molar-refractivity contribution in [2.45, 2.75) is 25.7 Å². The number of likely N-dealkylation sites (N-methyl/N-ethyl adjacent to an activating group) is 1. The van der Waals surface area contributed by atoms with Gasteiger partial charge in [-0.25, -0.2) is 0 Å². The lowest BCUT2D eigenvalue weighted by molar-refractivity contribution is -0.108. The van der Waals surface area contributed by atoms with Gasteiger partial charge in [-0.15, -0.1) is 0 Å². The third-order valence-electron chi connectivity index (χ3n) is 3.33. The van der Waals surface area contributed by atoms with E-state index in [1.165, 1.54) is 36.0 Å². The third-order valence-corrected chi connectivity index (χ3v) is 3.33. The molecule has 0 radical (unpaired) electrons. The highest BCUT2D eigenvalue weighted by Crippen LogP contribution is 2.22. The quantitative estimate of drug-likeness (QED) is 0.702. The zero-order valence-corrected chi connectivity index (χ0v) is 9.91. The number of benzene rings is 1. The van der Waals surface area contributed by atoms with E-state index in [0.717, 1.165) is 19.3 Å². The lowest BCUT2D eigenvalue weighted by Gasteiger charge is -2.13. The van der Waals surface area contributed by atoms with Gasteiger partial charge >= 0.3 is 0 Å². The minimum absolute atomic E-state index is 0.533. The van der Waals surface area contributed by atoms with Crippen molar-refractivity contribution in [1.29, 1.82) is 0 Å². The van der Waals surface area contributed by atoms with Crippen LogP contribution in [0.5, 0.6) is 0 Å². The summed E-state index contributed by atoms with van der Waals surface area (Å²) < 4.78 is 0. The van der Waals surface area contributed by atoms with Crippen LogP contribution >= 0.6 is 0 Å². The van der Waals surface area contributed by atoms with Crippen LogP contribution < -0.4 is 0 Å². The van der Waals surface area contributed by atoms with Gasteiger partial charge < -0.3 is 4.79 Å². The summed E-state index contributed by atoms with van der Waals surface area (Å²) in [5.41, 5.74) is 4.47. The van der Waals surface area contributed by atoms with E-state index in [4.69, 9.17) is 0 Å². The van der Waals surface area contributed by atoms with Crippen LogP contribution in [0.4, 0.5) is 0 Å². The molecule has 0 heterocycles. The molecule has 1 aliphatic rings. The van der Waals surface area contributed by atoms with Gasteiger partial charge in [0, 0.05) is 6.54 Å². The Bertz CT molecular complexity index is 373. The number of hydrogen-bond acceptors (Lipinski definition) is 2. The highest BCUT2D eigenvalue weighted by molar-refractivity contribution is 5.51. The minimum Gasteiger partial charge on any atom is -0.302 e. The van der Waals surface area contributed by atoms with Crippen LogP contribution in [0.3, 0.4) is 0 Å². The molecule has 16 heavy (non-hydrogen) atoms. The highest BCUT2D eigenvalue weighted by Gasteiger charge is 2.10. The molecule has 1 aliphatic carbocycles. The second-order valence-corrected chi connectivity index (χ2v) is 4.64. The standard InChI is InChI=1S/C14H19NO/c1-15(9-10-16)8-7-12-5-6-13-3-2-4-14(13)11-12/h5-6,10-11H,2-4,7-9H2,1H3. The van der Waals surface area contributed by atoms with Crippen molar-refractivity contribution in [3.05, 3.63) is 34.9 Å². The Morgan fingerprint density at radius 1 is 1.31 bits per heavy atom. The summed E-state index contributed by atoms with van der Waals surface area (Å²) in [4.78, 5) is 12.4. The Morgan fingerprint density at radius 2 is 2.12 bits per heavy atom. The maximum Gasteiger partial charge on any atom is 0.133 e. The third kappa shape index (κ3) is 2.70. The summed E-state index contributed by atoms with van der Waals surface area (Å²) in [6.45, 7) is 1.49. The van der Waals surface area contributed by atoms with Gasteiger partial charge in [0.25, 0.3) is 0 Å². The van der Waals surface area contributed by atoms with Crippen molar-refractivity contribution >= 4 is 6.29 Å². The van der Waals surface area contributed by atoms with E-state index < -0.39 is 0 Å². The van der Waals surface area contributed by atoms with Crippen molar-refractivity contribution in [2.24, 2.45) is 0 Å². The smallest absolute Gasteiger partial charge is 0.133 e. The maximum atomic E-state index is 10.3. The summed E-state index contributed by atoms with van der Waals surface area (Å²) in [5, 5.41) is 0. The number of carbonyl (C=O) groups is 1. The first-order valence-corrected chi connectivity index (χ1v) is 6.02. The molecule has 2 nitrogen and oxygen atoms in total. The molecule has 0 bridgehead atoms. The second kappa shape index (κ2) is 5.26. The SMILES string of the molecule is CN(CC=O)CCc1ccc2c(c1)CCC2. The van der Waals surface area contributed by atoms with Crippen LogP contribution in [0.1, 0.15) is 23.1 Å². The van der Waals surface area contributed by atoms with Crippen LogP contribution in [0.15, 0.2) is 18.2 Å². The van der Waals surface area contributed by atoms with Gasteiger partial charge in [-0.2, -0.15) is 0 Å². The van der Waals surface area contributed by atoms with Crippen LogP contribution in [-0.2, 0) is 24.1 Å². The molecule has 0 unspecified atom stereocenters. The van der Waals surface area contributed by atoms with Gasteiger partial charge in [0.1, 0.15) is 6.29 Å². The molecule has 0 aliphatic heterocycles. The van der Waals surface area contributed by atoms with E-state index in [-0.39, 0.29) is 0 Å². The molecule has 0 spiro atoms. The molecule has 0 amide bonds. The summed E-state index contributed by atoms with van der Waals surface area (Å²) in [5.74, 6) is 0. The highest BCUT2D eigenvalue weighted by atomic mass is 16.1. The Labute approximate surface area is 97.3 Å². The zero-order chi connectivity index (χ0) is 11.4. The Kier molecular flexibility index (Phi) is 3.73. The van der Waals surface area contributed by atoms with Crippen molar-refractivity contribution in [1.82, 2.24) is 4.90 Å². The molecular weight excluding hydrogens is 198 g/mol. The molecule has 0 fully saturated rings. The number of fused-ring (bicyclic) bond motifs is 1. The molecule has 0 saturated carbocycles. The van der Waals surface area contributed by atoms with Crippen molar-refractivity contribution in [3.63, 3.8) is 0 Å². The minimum atomic E-state index is 0.533. The van der Waals surface area contributed by atoms with Gasteiger partial charge in [0.15, 0.2) is 0 Å². The number of carbonyl (C=O) groups excluding carboxylic acids is 1. The van der Waals surface area contributed by atoms with E-state index in [9.17, 15) is 4.79 Å². The maximum absolute atomic E-state index is 10.3. The first kappa shape index (κ1) is 11.3. The van der Waals surface area contributed by atoms with Crippen LogP contribution in [-0.4, -0.2) is 31.3 Å². The van der Waals surface area contributed by atoms with Gasteiger partial charge in [-0.05, 0) is 49.4 Å². The lowest BCUT2D eigenvalue weighted by Crippen LogP contribution is -2.23. The molecular formula is C14H19NO. The number of nitrogens with zero attached hydrogens (tertiary/aromatic N) is 1. The topological polar surface area (TPSA) is 20.3 Å². The predicted octanol–water partition coefficient (Wildman–Crippen LogP) is 1.85. The number of aryl methyl sites for hydroxylation is 2. The fourth-order valence-electron chi connectivity index (χ4n) is 2.32. The molecule has 1 aromatic rings. The molecule has 0 atom stereocenters. The first-order chi connectivity index (χ1) is 7.79. The molecule has 2 heteroatoms. The molecule has 0 saturated heterocycles. The van der Waals surface area contributed by atoms with Crippen molar-refractivity contribution < 1.29 is 4.79 Å². The van der Waals surface area contributed by atoms with Gasteiger partial charge in [0.05, 0.1) is 6.54 Å². The average Bonchev–Trinajstić information content (AvgIpc) is 2.74. The molecule has 2 rings (SSSR count). The Morgan fingerprint density at radius 3 is 2.94 bits per heavy atom. The largest absolute Gasteiger partial charge is 0.302 e. The van der Waals surface area contributed by atoms with Crippen LogP contribution in [0.25, 0.3) is 0 Å². The monoisotopic (exact) mass is 217 g/mol. The fraction of sp³-hybridized carbons (Fsp3) is 0.500. The number of hydrogen-bond donors (Lipinski definition) is 0. The Hall–Kier alpha value is -1.15. The second-order valence-electron chi connectivity index (χ2n) is 4.64. The van der Waals surface area contributed by atoms with E-state index in [0.29, 0.717) is 6.54 Å². The summed E-state index contributed by atoms with van der Waals surface area (Å²) in [6, 6.07) is 6.85. The van der Waals surface area contributed by atoms with Crippen LogP contribution in [0.2, 0.25) is 0 Å². The normalized spacial score (nSPS) is 14.1.